The van der Waals surface area contributed by atoms with Crippen LogP contribution in [0.5, 0.6) is 0 Å². The maximum atomic E-state index is 11.9. The lowest BCUT2D eigenvalue weighted by molar-refractivity contribution is 0.544. The van der Waals surface area contributed by atoms with Crippen molar-refractivity contribution in [3.05, 3.63) is 10.7 Å². The van der Waals surface area contributed by atoms with Gasteiger partial charge in [0.2, 0.25) is 0 Å². The Bertz CT molecular complexity index is 454. The first-order chi connectivity index (χ1) is 7.58. The van der Waals surface area contributed by atoms with Crippen LogP contribution < -0.4 is 4.72 Å². The van der Waals surface area contributed by atoms with Crippen LogP contribution in [0, 0.1) is 0 Å². The highest BCUT2D eigenvalue weighted by molar-refractivity contribution is 7.99. The van der Waals surface area contributed by atoms with E-state index in [0.29, 0.717) is 0 Å². The number of thiazole rings is 1. The van der Waals surface area contributed by atoms with Gasteiger partial charge in [0.15, 0.2) is 8.68 Å². The Labute approximate surface area is 108 Å². The summed E-state index contributed by atoms with van der Waals surface area (Å²) in [6.45, 7) is 0. The van der Waals surface area contributed by atoms with Crippen molar-refractivity contribution in [3.63, 3.8) is 0 Å². The molecular formula is C8H11ClN2O2S3. The third kappa shape index (κ3) is 3.10. The maximum absolute atomic E-state index is 11.9. The van der Waals surface area contributed by atoms with Gasteiger partial charge < -0.3 is 0 Å². The average Bonchev–Trinajstić information content (AvgIpc) is 2.66. The summed E-state index contributed by atoms with van der Waals surface area (Å²) in [5.74, 6) is 1.95. The van der Waals surface area contributed by atoms with Crippen LogP contribution in [-0.4, -0.2) is 30.9 Å². The molecule has 1 aromatic heterocycles. The normalized spacial score (nSPS) is 22.2. The van der Waals surface area contributed by atoms with E-state index in [1.807, 2.05) is 0 Å². The van der Waals surface area contributed by atoms with Crippen LogP contribution >= 0.6 is 34.7 Å². The molecule has 1 aromatic rings. The number of hydrogen-bond acceptors (Lipinski definition) is 5. The summed E-state index contributed by atoms with van der Waals surface area (Å²) in [4.78, 5) is 3.74. The van der Waals surface area contributed by atoms with Crippen LogP contribution in [0.3, 0.4) is 0 Å². The van der Waals surface area contributed by atoms with E-state index in [2.05, 4.69) is 9.71 Å². The van der Waals surface area contributed by atoms with Crippen molar-refractivity contribution in [1.29, 1.82) is 0 Å². The van der Waals surface area contributed by atoms with E-state index in [9.17, 15) is 8.42 Å². The van der Waals surface area contributed by atoms with Crippen molar-refractivity contribution in [2.45, 2.75) is 23.1 Å². The number of thioether (sulfide) groups is 1. The summed E-state index contributed by atoms with van der Waals surface area (Å²) in [7, 11) is -3.43. The van der Waals surface area contributed by atoms with E-state index >= 15 is 0 Å². The molecule has 0 aliphatic carbocycles. The van der Waals surface area contributed by atoms with Crippen molar-refractivity contribution in [1.82, 2.24) is 9.71 Å². The molecule has 4 nitrogen and oxygen atoms in total. The summed E-state index contributed by atoms with van der Waals surface area (Å²) in [6.07, 6.45) is 3.26. The number of rotatable bonds is 3. The molecule has 1 saturated heterocycles. The van der Waals surface area contributed by atoms with Gasteiger partial charge >= 0.3 is 0 Å². The molecule has 1 unspecified atom stereocenters. The lowest BCUT2D eigenvalue weighted by atomic mass is 10.2. The molecule has 2 heterocycles. The minimum Gasteiger partial charge on any atom is -0.232 e. The SMILES string of the molecule is O=S(=O)(NC1CCCSC1)c1cnc(Cl)s1. The van der Waals surface area contributed by atoms with Gasteiger partial charge in [-0.25, -0.2) is 18.1 Å². The smallest absolute Gasteiger partial charge is 0.232 e. The summed E-state index contributed by atoms with van der Waals surface area (Å²) in [5, 5.41) is 0. The highest BCUT2D eigenvalue weighted by Gasteiger charge is 2.23. The molecule has 16 heavy (non-hydrogen) atoms. The zero-order chi connectivity index (χ0) is 11.6. The summed E-state index contributed by atoms with van der Waals surface area (Å²) in [6, 6.07) is 0.0321. The van der Waals surface area contributed by atoms with Gasteiger partial charge in [-0.05, 0) is 18.6 Å². The maximum Gasteiger partial charge on any atom is 0.251 e. The lowest BCUT2D eigenvalue weighted by Crippen LogP contribution is -2.37. The molecule has 1 fully saturated rings. The zero-order valence-electron chi connectivity index (χ0n) is 8.35. The van der Waals surface area contributed by atoms with Crippen LogP contribution in [0.4, 0.5) is 0 Å². The Morgan fingerprint density at radius 3 is 2.94 bits per heavy atom. The number of nitrogens with one attached hydrogen (secondary N) is 1. The molecule has 1 aliphatic heterocycles. The third-order valence-electron chi connectivity index (χ3n) is 2.20. The van der Waals surface area contributed by atoms with Crippen molar-refractivity contribution >= 4 is 44.7 Å². The monoisotopic (exact) mass is 298 g/mol. The van der Waals surface area contributed by atoms with Crippen LogP contribution in [0.2, 0.25) is 4.47 Å². The van der Waals surface area contributed by atoms with Crippen molar-refractivity contribution in [2.75, 3.05) is 11.5 Å². The standard InChI is InChI=1S/C8H11ClN2O2S3/c9-8-10-4-7(15-8)16(12,13)11-6-2-1-3-14-5-6/h4,6,11H,1-3,5H2. The highest BCUT2D eigenvalue weighted by atomic mass is 35.5. The predicted octanol–water partition coefficient (Wildman–Crippen LogP) is 1.97. The average molecular weight is 299 g/mol. The number of aromatic nitrogens is 1. The van der Waals surface area contributed by atoms with E-state index in [1.54, 1.807) is 11.8 Å². The number of halogens is 1. The lowest BCUT2D eigenvalue weighted by Gasteiger charge is -2.21. The first kappa shape index (κ1) is 12.6. The van der Waals surface area contributed by atoms with Gasteiger partial charge in [0.25, 0.3) is 10.0 Å². The number of nitrogens with zero attached hydrogens (tertiary/aromatic N) is 1. The van der Waals surface area contributed by atoms with Crippen molar-refractivity contribution < 1.29 is 8.42 Å². The van der Waals surface area contributed by atoms with E-state index in [0.717, 1.165) is 35.7 Å². The largest absolute Gasteiger partial charge is 0.251 e. The Morgan fingerprint density at radius 1 is 1.56 bits per heavy atom. The van der Waals surface area contributed by atoms with Crippen LogP contribution in [0.25, 0.3) is 0 Å². The second-order valence-corrected chi connectivity index (χ2v) is 8.17. The fourth-order valence-electron chi connectivity index (χ4n) is 1.47. The number of sulfonamides is 1. The second-order valence-electron chi connectivity index (χ2n) is 3.47. The molecule has 90 valence electrons. The van der Waals surface area contributed by atoms with Crippen LogP contribution in [0.1, 0.15) is 12.8 Å². The molecule has 2 rings (SSSR count). The quantitative estimate of drug-likeness (QED) is 0.927. The fraction of sp³-hybridized carbons (Fsp3) is 0.625. The molecule has 1 aliphatic rings. The molecule has 0 spiro atoms. The van der Waals surface area contributed by atoms with Gasteiger partial charge in [-0.15, -0.1) is 0 Å². The molecule has 0 bridgehead atoms. The van der Waals surface area contributed by atoms with E-state index in [-0.39, 0.29) is 14.7 Å². The predicted molar refractivity (Wildman–Crippen MR) is 67.8 cm³/mol. The van der Waals surface area contributed by atoms with Gasteiger partial charge in [-0.1, -0.05) is 22.9 Å². The molecule has 0 aromatic carbocycles. The summed E-state index contributed by atoms with van der Waals surface area (Å²) >= 11 is 8.38. The van der Waals surface area contributed by atoms with Gasteiger partial charge in [0, 0.05) is 11.8 Å². The van der Waals surface area contributed by atoms with Crippen molar-refractivity contribution in [3.8, 4) is 0 Å². The molecule has 0 amide bonds. The highest BCUT2D eigenvalue weighted by Crippen LogP contribution is 2.24. The molecule has 0 radical (unpaired) electrons. The first-order valence-corrected chi connectivity index (χ1v) is 8.62. The first-order valence-electron chi connectivity index (χ1n) is 4.79. The Kier molecular flexibility index (Phi) is 4.12. The summed E-state index contributed by atoms with van der Waals surface area (Å²) < 4.78 is 26.9. The van der Waals surface area contributed by atoms with Gasteiger partial charge in [-0.2, -0.15) is 11.8 Å². The van der Waals surface area contributed by atoms with Gasteiger partial charge in [0.05, 0.1) is 6.20 Å². The van der Waals surface area contributed by atoms with Gasteiger partial charge in [0.1, 0.15) is 0 Å². The van der Waals surface area contributed by atoms with E-state index in [1.165, 1.54) is 6.20 Å². The minimum absolute atomic E-state index is 0.0321. The fourth-order valence-corrected chi connectivity index (χ4v) is 5.23. The number of hydrogen-bond donors (Lipinski definition) is 1. The van der Waals surface area contributed by atoms with Crippen LogP contribution in [-0.2, 0) is 10.0 Å². The van der Waals surface area contributed by atoms with E-state index < -0.39 is 10.0 Å². The molecular weight excluding hydrogens is 288 g/mol. The Balaban J connectivity index is 2.07. The van der Waals surface area contributed by atoms with E-state index in [4.69, 9.17) is 11.6 Å². The Hall–Kier alpha value is 0.180. The Morgan fingerprint density at radius 2 is 2.38 bits per heavy atom. The van der Waals surface area contributed by atoms with Gasteiger partial charge in [-0.3, -0.25) is 0 Å². The van der Waals surface area contributed by atoms with Crippen molar-refractivity contribution in [2.24, 2.45) is 0 Å². The molecule has 1 atom stereocenters. The third-order valence-corrected chi connectivity index (χ3v) is 6.52. The zero-order valence-corrected chi connectivity index (χ0v) is 11.6. The minimum atomic E-state index is -3.43. The summed E-state index contributed by atoms with van der Waals surface area (Å²) in [5.41, 5.74) is 0. The topological polar surface area (TPSA) is 59.1 Å². The second kappa shape index (κ2) is 5.22. The van der Waals surface area contributed by atoms with Crippen LogP contribution in [0.15, 0.2) is 10.4 Å². The molecule has 8 heteroatoms. The molecule has 1 N–H and O–H groups in total. The molecule has 0 saturated carbocycles.